The molecule has 1 aliphatic rings. The fraction of sp³-hybridized carbons (Fsp3) is 0.385. The Bertz CT molecular complexity index is 602. The molecule has 1 heterocycles. The number of nitro benzene ring substituents is 1. The molecule has 0 amide bonds. The summed E-state index contributed by atoms with van der Waals surface area (Å²) in [6.07, 6.45) is 0.695. The van der Waals surface area contributed by atoms with Gasteiger partial charge in [-0.1, -0.05) is 0 Å². The Morgan fingerprint density at radius 1 is 1.52 bits per heavy atom. The molecule has 0 unspecified atom stereocenters. The van der Waals surface area contributed by atoms with Crippen LogP contribution in [-0.4, -0.2) is 35.3 Å². The summed E-state index contributed by atoms with van der Waals surface area (Å²) in [4.78, 5) is 34.6. The first-order valence-electron chi connectivity index (χ1n) is 6.16. The van der Waals surface area contributed by atoms with Gasteiger partial charge in [-0.05, 0) is 25.3 Å². The molecule has 112 valence electrons. The lowest BCUT2D eigenvalue weighted by Gasteiger charge is -2.09. The van der Waals surface area contributed by atoms with Crippen LogP contribution in [0, 0.1) is 10.1 Å². The van der Waals surface area contributed by atoms with Crippen molar-refractivity contribution in [3.63, 3.8) is 0 Å². The van der Waals surface area contributed by atoms with Gasteiger partial charge in [0.25, 0.3) is 5.69 Å². The molecule has 7 nitrogen and oxygen atoms in total. The van der Waals surface area contributed by atoms with E-state index in [1.54, 1.807) is 19.2 Å². The van der Waals surface area contributed by atoms with Crippen LogP contribution in [0.4, 0.5) is 5.69 Å². The van der Waals surface area contributed by atoms with E-state index in [0.717, 1.165) is 0 Å². The van der Waals surface area contributed by atoms with Gasteiger partial charge in [0.15, 0.2) is 0 Å². The second-order valence-corrected chi connectivity index (χ2v) is 5.40. The number of carbonyl (C=O) groups excluding carboxylic acids is 2. The third kappa shape index (κ3) is 3.33. The molecule has 0 aliphatic carbocycles. The predicted molar refractivity (Wildman–Crippen MR) is 74.3 cm³/mol. The monoisotopic (exact) mass is 311 g/mol. The number of thioether (sulfide) groups is 1. The van der Waals surface area contributed by atoms with Crippen LogP contribution < -0.4 is 0 Å². The quantitative estimate of drug-likeness (QED) is 0.364. The Kier molecular flexibility index (Phi) is 4.46. The van der Waals surface area contributed by atoms with Gasteiger partial charge in [0.1, 0.15) is 11.7 Å². The lowest BCUT2D eigenvalue weighted by atomic mass is 10.1. The fourth-order valence-corrected chi connectivity index (χ4v) is 2.41. The Balaban J connectivity index is 2.25. The van der Waals surface area contributed by atoms with Gasteiger partial charge in [0, 0.05) is 17.4 Å². The molecule has 1 saturated heterocycles. The van der Waals surface area contributed by atoms with Crippen molar-refractivity contribution in [1.82, 2.24) is 0 Å². The van der Waals surface area contributed by atoms with Crippen molar-refractivity contribution in [2.24, 2.45) is 0 Å². The summed E-state index contributed by atoms with van der Waals surface area (Å²) >= 11 is 1.34. The number of cyclic esters (lactones) is 1. The van der Waals surface area contributed by atoms with E-state index in [0.29, 0.717) is 4.90 Å². The molecule has 0 N–H and O–H groups in total. The Morgan fingerprint density at radius 3 is 2.76 bits per heavy atom. The Morgan fingerprint density at radius 2 is 2.24 bits per heavy atom. The summed E-state index contributed by atoms with van der Waals surface area (Å²) < 4.78 is 9.92. The van der Waals surface area contributed by atoms with Gasteiger partial charge >= 0.3 is 11.9 Å². The minimum atomic E-state index is -1.01. The van der Waals surface area contributed by atoms with Gasteiger partial charge in [-0.15, -0.1) is 11.8 Å². The molecule has 2 rings (SSSR count). The second-order valence-electron chi connectivity index (χ2n) is 4.52. The molecule has 0 aromatic heterocycles. The van der Waals surface area contributed by atoms with Crippen LogP contribution in [0.3, 0.4) is 0 Å². The summed E-state index contributed by atoms with van der Waals surface area (Å²) in [6, 6.07) is 4.18. The maximum absolute atomic E-state index is 12.1. The van der Waals surface area contributed by atoms with Crippen molar-refractivity contribution in [2.45, 2.75) is 30.4 Å². The molecule has 1 aromatic rings. The highest BCUT2D eigenvalue weighted by Crippen LogP contribution is 2.27. The molecule has 8 heteroatoms. The lowest BCUT2D eigenvalue weighted by Crippen LogP contribution is -2.23. The molecule has 0 spiro atoms. The van der Waals surface area contributed by atoms with E-state index >= 15 is 0 Å². The summed E-state index contributed by atoms with van der Waals surface area (Å²) in [7, 11) is 0. The molecule has 2 atom stereocenters. The van der Waals surface area contributed by atoms with Crippen molar-refractivity contribution in [1.29, 1.82) is 0 Å². The third-order valence-corrected chi connectivity index (χ3v) is 3.72. The van der Waals surface area contributed by atoms with Crippen molar-refractivity contribution in [3.8, 4) is 0 Å². The van der Waals surface area contributed by atoms with E-state index in [4.69, 9.17) is 9.47 Å². The zero-order valence-corrected chi connectivity index (χ0v) is 12.2. The normalized spacial score (nSPS) is 21.0. The number of benzene rings is 1. The van der Waals surface area contributed by atoms with Gasteiger partial charge in [0.05, 0.1) is 4.92 Å². The topological polar surface area (TPSA) is 95.7 Å². The molecular formula is C13H13NO6S. The summed E-state index contributed by atoms with van der Waals surface area (Å²) in [5, 5.41) is 11.0. The molecule has 0 bridgehead atoms. The number of rotatable bonds is 4. The zero-order chi connectivity index (χ0) is 15.6. The van der Waals surface area contributed by atoms with Crippen molar-refractivity contribution >= 4 is 29.4 Å². The van der Waals surface area contributed by atoms with Crippen LogP contribution >= 0.6 is 11.8 Å². The van der Waals surface area contributed by atoms with E-state index < -0.39 is 23.0 Å². The number of nitro groups is 1. The number of esters is 2. The van der Waals surface area contributed by atoms with E-state index in [1.807, 2.05) is 0 Å². The standard InChI is InChI=1S/C13H13NO6S/c1-7-5-11(13(16)19-7)20-12(15)9-6-8(21-2)3-4-10(9)14(17)18/h3-4,6-7,11H,5H2,1-2H3/t7-,11-/m1/s1. The van der Waals surface area contributed by atoms with Gasteiger partial charge in [-0.25, -0.2) is 9.59 Å². The number of nitrogens with zero attached hydrogens (tertiary/aromatic N) is 1. The van der Waals surface area contributed by atoms with Crippen LogP contribution in [0.5, 0.6) is 0 Å². The van der Waals surface area contributed by atoms with E-state index in [-0.39, 0.29) is 23.8 Å². The molecule has 1 fully saturated rings. The highest BCUT2D eigenvalue weighted by molar-refractivity contribution is 7.98. The minimum Gasteiger partial charge on any atom is -0.460 e. The van der Waals surface area contributed by atoms with E-state index in [9.17, 15) is 19.7 Å². The molecule has 0 radical (unpaired) electrons. The van der Waals surface area contributed by atoms with Crippen LogP contribution in [0.15, 0.2) is 23.1 Å². The van der Waals surface area contributed by atoms with Gasteiger partial charge in [-0.2, -0.15) is 0 Å². The number of hydrogen-bond acceptors (Lipinski definition) is 7. The SMILES string of the molecule is CSc1ccc([N+](=O)[O-])c(C(=O)O[C@@H]2C[C@@H](C)OC2=O)c1. The first kappa shape index (κ1) is 15.3. The Labute approximate surface area is 124 Å². The van der Waals surface area contributed by atoms with Crippen molar-refractivity contribution in [2.75, 3.05) is 6.26 Å². The number of ether oxygens (including phenoxy) is 2. The average molecular weight is 311 g/mol. The van der Waals surface area contributed by atoms with Gasteiger partial charge in [0.2, 0.25) is 6.10 Å². The van der Waals surface area contributed by atoms with Crippen molar-refractivity contribution < 1.29 is 24.0 Å². The maximum atomic E-state index is 12.1. The first-order valence-corrected chi connectivity index (χ1v) is 7.38. The Hall–Kier alpha value is -2.09. The van der Waals surface area contributed by atoms with Crippen LogP contribution in [0.2, 0.25) is 0 Å². The average Bonchev–Trinajstić information content (AvgIpc) is 2.75. The molecule has 1 aromatic carbocycles. The maximum Gasteiger partial charge on any atom is 0.347 e. The van der Waals surface area contributed by atoms with Crippen LogP contribution in [0.25, 0.3) is 0 Å². The van der Waals surface area contributed by atoms with Crippen LogP contribution in [-0.2, 0) is 14.3 Å². The highest BCUT2D eigenvalue weighted by Gasteiger charge is 2.36. The summed E-state index contributed by atoms with van der Waals surface area (Å²) in [5.41, 5.74) is -0.517. The second kappa shape index (κ2) is 6.13. The number of carbonyl (C=O) groups is 2. The van der Waals surface area contributed by atoms with Gasteiger partial charge < -0.3 is 9.47 Å². The first-order chi connectivity index (χ1) is 9.92. The fourth-order valence-electron chi connectivity index (χ4n) is 1.97. The predicted octanol–water partition coefficient (Wildman–Crippen LogP) is 2.18. The zero-order valence-electron chi connectivity index (χ0n) is 11.4. The minimum absolute atomic E-state index is 0.167. The summed E-state index contributed by atoms with van der Waals surface area (Å²) in [6.45, 7) is 1.68. The smallest absolute Gasteiger partial charge is 0.347 e. The third-order valence-electron chi connectivity index (χ3n) is 3.00. The van der Waals surface area contributed by atoms with Crippen molar-refractivity contribution in [3.05, 3.63) is 33.9 Å². The molecule has 1 aliphatic heterocycles. The largest absolute Gasteiger partial charge is 0.460 e. The molecular weight excluding hydrogens is 298 g/mol. The highest BCUT2D eigenvalue weighted by atomic mass is 32.2. The number of hydrogen-bond donors (Lipinski definition) is 0. The van der Waals surface area contributed by atoms with E-state index in [1.165, 1.54) is 23.9 Å². The van der Waals surface area contributed by atoms with Gasteiger partial charge in [-0.3, -0.25) is 10.1 Å². The lowest BCUT2D eigenvalue weighted by molar-refractivity contribution is -0.385. The molecule has 0 saturated carbocycles. The van der Waals surface area contributed by atoms with Crippen LogP contribution in [0.1, 0.15) is 23.7 Å². The van der Waals surface area contributed by atoms with E-state index in [2.05, 4.69) is 0 Å². The molecule has 21 heavy (non-hydrogen) atoms. The summed E-state index contributed by atoms with van der Waals surface area (Å²) in [5.74, 6) is -1.52.